The normalized spacial score (nSPS) is 41.2. The van der Waals surface area contributed by atoms with E-state index in [0.717, 1.165) is 25.7 Å². The molecule has 2 heterocycles. The van der Waals surface area contributed by atoms with Crippen molar-refractivity contribution in [3.63, 3.8) is 0 Å². The summed E-state index contributed by atoms with van der Waals surface area (Å²) in [4.78, 5) is 23.3. The highest BCUT2D eigenvalue weighted by Crippen LogP contribution is 2.48. The highest BCUT2D eigenvalue weighted by Gasteiger charge is 2.51. The largest absolute Gasteiger partial charge is 0.508 e. The van der Waals surface area contributed by atoms with Gasteiger partial charge >= 0.3 is 12.1 Å². The molecule has 5 heteroatoms. The van der Waals surface area contributed by atoms with Crippen molar-refractivity contribution in [3.8, 4) is 0 Å². The zero-order valence-electron chi connectivity index (χ0n) is 10.5. The Morgan fingerprint density at radius 1 is 1.33 bits per heavy atom. The van der Waals surface area contributed by atoms with Gasteiger partial charge in [0.05, 0.1) is 12.5 Å². The number of rotatable bonds is 2. The quantitative estimate of drug-likeness (QED) is 0.704. The summed E-state index contributed by atoms with van der Waals surface area (Å²) in [6.07, 6.45) is 2.36. The van der Waals surface area contributed by atoms with E-state index < -0.39 is 6.16 Å². The predicted octanol–water partition coefficient (Wildman–Crippen LogP) is 1.89. The minimum atomic E-state index is -0.647. The molecule has 2 saturated heterocycles. The maximum absolute atomic E-state index is 11.8. The lowest BCUT2D eigenvalue weighted by Crippen LogP contribution is -2.45. The van der Waals surface area contributed by atoms with Gasteiger partial charge in [-0.3, -0.25) is 4.79 Å². The summed E-state index contributed by atoms with van der Waals surface area (Å²) in [5, 5.41) is 0. The van der Waals surface area contributed by atoms with Gasteiger partial charge in [0.25, 0.3) is 0 Å². The molecule has 0 aromatic carbocycles. The first-order chi connectivity index (χ1) is 8.67. The van der Waals surface area contributed by atoms with Crippen LogP contribution in [0.5, 0.6) is 0 Å². The molecule has 100 valence electrons. The Morgan fingerprint density at radius 3 is 2.94 bits per heavy atom. The van der Waals surface area contributed by atoms with E-state index in [1.54, 1.807) is 6.92 Å². The van der Waals surface area contributed by atoms with E-state index in [2.05, 4.69) is 0 Å². The minimum absolute atomic E-state index is 0.00884. The molecule has 4 fully saturated rings. The van der Waals surface area contributed by atoms with Crippen molar-refractivity contribution >= 4 is 12.1 Å². The van der Waals surface area contributed by atoms with Gasteiger partial charge in [-0.05, 0) is 38.5 Å². The zero-order valence-corrected chi connectivity index (χ0v) is 10.5. The van der Waals surface area contributed by atoms with E-state index in [-0.39, 0.29) is 30.0 Å². The average molecular weight is 254 g/mol. The first-order valence-electron chi connectivity index (χ1n) is 6.71. The Labute approximate surface area is 106 Å². The van der Waals surface area contributed by atoms with Gasteiger partial charge in [-0.15, -0.1) is 0 Å². The van der Waals surface area contributed by atoms with Gasteiger partial charge in [-0.25, -0.2) is 4.79 Å². The summed E-state index contributed by atoms with van der Waals surface area (Å²) in [6.45, 7) is 2.04. The maximum Gasteiger partial charge on any atom is 0.508 e. The van der Waals surface area contributed by atoms with Crippen LogP contribution in [0.4, 0.5) is 4.79 Å². The lowest BCUT2D eigenvalue weighted by Gasteiger charge is -2.40. The van der Waals surface area contributed by atoms with Crippen molar-refractivity contribution < 1.29 is 23.8 Å². The molecule has 0 N–H and O–H groups in total. The Kier molecular flexibility index (Phi) is 2.92. The average Bonchev–Trinajstić information content (AvgIpc) is 2.48. The van der Waals surface area contributed by atoms with Crippen LogP contribution in [0.25, 0.3) is 0 Å². The van der Waals surface area contributed by atoms with Crippen LogP contribution in [-0.2, 0) is 19.0 Å². The summed E-state index contributed by atoms with van der Waals surface area (Å²) in [7, 11) is 0. The molecule has 0 amide bonds. The molecule has 5 unspecified atom stereocenters. The van der Waals surface area contributed by atoms with Crippen molar-refractivity contribution in [2.24, 2.45) is 17.8 Å². The lowest BCUT2D eigenvalue weighted by atomic mass is 9.67. The zero-order chi connectivity index (χ0) is 12.7. The second-order valence-electron chi connectivity index (χ2n) is 5.51. The summed E-state index contributed by atoms with van der Waals surface area (Å²) < 4.78 is 15.6. The number of ether oxygens (including phenoxy) is 3. The standard InChI is InChI=1S/C13H18O5/c1-2-16-13(15)18-11-8-3-7-4-9(6-8)12(14)17-10(11)5-7/h7-11H,2-6H2,1H3. The molecule has 5 nitrogen and oxygen atoms in total. The van der Waals surface area contributed by atoms with E-state index >= 15 is 0 Å². The minimum Gasteiger partial charge on any atom is -0.458 e. The molecule has 0 radical (unpaired) electrons. The van der Waals surface area contributed by atoms with Crippen LogP contribution in [-0.4, -0.2) is 30.9 Å². The van der Waals surface area contributed by atoms with Gasteiger partial charge in [-0.2, -0.15) is 0 Å². The van der Waals surface area contributed by atoms with Crippen LogP contribution in [0.15, 0.2) is 0 Å². The first kappa shape index (κ1) is 11.8. The fourth-order valence-corrected chi connectivity index (χ4v) is 3.70. The fourth-order valence-electron chi connectivity index (χ4n) is 3.70. The topological polar surface area (TPSA) is 61.8 Å². The van der Waals surface area contributed by atoms with Crippen molar-refractivity contribution in [2.75, 3.05) is 6.61 Å². The van der Waals surface area contributed by atoms with Crippen molar-refractivity contribution in [1.82, 2.24) is 0 Å². The smallest absolute Gasteiger partial charge is 0.458 e. The molecular formula is C13H18O5. The van der Waals surface area contributed by atoms with Crippen LogP contribution in [0.1, 0.15) is 32.6 Å². The van der Waals surface area contributed by atoms with Crippen LogP contribution in [0.2, 0.25) is 0 Å². The van der Waals surface area contributed by atoms with Gasteiger partial charge in [0.1, 0.15) is 12.2 Å². The van der Waals surface area contributed by atoms with Crippen LogP contribution in [0, 0.1) is 17.8 Å². The molecule has 0 aromatic heterocycles. The summed E-state index contributed by atoms with van der Waals surface area (Å²) in [5.74, 6) is 0.701. The molecule has 2 aliphatic heterocycles. The molecule has 0 aromatic rings. The maximum atomic E-state index is 11.8. The fraction of sp³-hybridized carbons (Fsp3) is 0.846. The third kappa shape index (κ3) is 1.95. The Bertz CT molecular complexity index is 366. The number of carbonyl (C=O) groups excluding carboxylic acids is 2. The van der Waals surface area contributed by atoms with E-state index in [4.69, 9.17) is 14.2 Å². The van der Waals surface area contributed by atoms with Crippen LogP contribution < -0.4 is 0 Å². The SMILES string of the molecule is CCOC(=O)OC1C2CC3CC(C2)C(=O)OC1C3. The van der Waals surface area contributed by atoms with E-state index in [9.17, 15) is 9.59 Å². The molecular weight excluding hydrogens is 236 g/mol. The molecule has 2 aliphatic carbocycles. The predicted molar refractivity (Wildman–Crippen MR) is 60.7 cm³/mol. The third-order valence-corrected chi connectivity index (χ3v) is 4.33. The van der Waals surface area contributed by atoms with E-state index in [0.29, 0.717) is 12.5 Å². The van der Waals surface area contributed by atoms with Gasteiger partial charge in [0.2, 0.25) is 0 Å². The summed E-state index contributed by atoms with van der Waals surface area (Å²) >= 11 is 0. The van der Waals surface area contributed by atoms with Gasteiger partial charge < -0.3 is 14.2 Å². The van der Waals surface area contributed by atoms with Crippen LogP contribution in [0.3, 0.4) is 0 Å². The Balaban J connectivity index is 1.75. The first-order valence-corrected chi connectivity index (χ1v) is 6.71. The lowest BCUT2D eigenvalue weighted by molar-refractivity contribution is -0.157. The Morgan fingerprint density at radius 2 is 2.17 bits per heavy atom. The van der Waals surface area contributed by atoms with Crippen molar-refractivity contribution in [3.05, 3.63) is 0 Å². The second kappa shape index (κ2) is 4.44. The Hall–Kier alpha value is -1.26. The summed E-state index contributed by atoms with van der Waals surface area (Å²) in [5.41, 5.74) is 0. The molecule has 2 saturated carbocycles. The summed E-state index contributed by atoms with van der Waals surface area (Å²) in [6, 6.07) is 0. The van der Waals surface area contributed by atoms with Crippen LogP contribution >= 0.6 is 0 Å². The molecule has 18 heavy (non-hydrogen) atoms. The van der Waals surface area contributed by atoms with Crippen molar-refractivity contribution in [2.45, 2.75) is 44.8 Å². The number of hydrogen-bond acceptors (Lipinski definition) is 5. The van der Waals surface area contributed by atoms with Gasteiger partial charge in [0, 0.05) is 5.92 Å². The molecule has 0 spiro atoms. The molecule has 4 rings (SSSR count). The highest BCUT2D eigenvalue weighted by molar-refractivity contribution is 5.73. The van der Waals surface area contributed by atoms with Crippen molar-refractivity contribution in [1.29, 1.82) is 0 Å². The van der Waals surface area contributed by atoms with Gasteiger partial charge in [0.15, 0.2) is 0 Å². The van der Waals surface area contributed by atoms with E-state index in [1.165, 1.54) is 0 Å². The van der Waals surface area contributed by atoms with Gasteiger partial charge in [-0.1, -0.05) is 0 Å². The number of hydrogen-bond donors (Lipinski definition) is 0. The monoisotopic (exact) mass is 254 g/mol. The van der Waals surface area contributed by atoms with E-state index in [1.807, 2.05) is 0 Å². The molecule has 4 bridgehead atoms. The highest BCUT2D eigenvalue weighted by atomic mass is 16.7. The number of fused-ring (bicyclic) bond motifs is 1. The molecule has 4 aliphatic rings. The number of carbonyl (C=O) groups is 2. The second-order valence-corrected chi connectivity index (χ2v) is 5.51. The number of esters is 1. The third-order valence-electron chi connectivity index (χ3n) is 4.33. The molecule has 5 atom stereocenters.